The number of rotatable bonds is 2. The van der Waals surface area contributed by atoms with Crippen LogP contribution in [0.5, 0.6) is 5.75 Å². The third kappa shape index (κ3) is 2.66. The molecule has 1 saturated heterocycles. The molecule has 0 spiro atoms. The minimum Gasteiger partial charge on any atom is -0.505 e. The number of halogens is 1. The van der Waals surface area contributed by atoms with Crippen LogP contribution in [0.4, 0.5) is 4.39 Å². The van der Waals surface area contributed by atoms with Gasteiger partial charge in [0.2, 0.25) is 0 Å². The molecule has 5 nitrogen and oxygen atoms in total. The average molecular weight is 312 g/mol. The standard InChI is InChI=1S/C17H17FN4O/c18-13-7-11(1-2-15(13)23)16-21-14-8-12(9-20-17(14)22-16)10-3-5-19-6-4-10/h1-2,7-10,19,23H,3-6H2,(H,20,21,22). The predicted molar refractivity (Wildman–Crippen MR) is 85.8 cm³/mol. The van der Waals surface area contributed by atoms with Gasteiger partial charge in [-0.05, 0) is 61.7 Å². The highest BCUT2D eigenvalue weighted by Gasteiger charge is 2.17. The summed E-state index contributed by atoms with van der Waals surface area (Å²) >= 11 is 0. The van der Waals surface area contributed by atoms with Gasteiger partial charge in [-0.3, -0.25) is 0 Å². The highest BCUT2D eigenvalue weighted by Crippen LogP contribution is 2.28. The zero-order valence-electron chi connectivity index (χ0n) is 12.5. The number of fused-ring (bicyclic) bond motifs is 1. The summed E-state index contributed by atoms with van der Waals surface area (Å²) in [6, 6.07) is 6.28. The number of nitrogens with zero attached hydrogens (tertiary/aromatic N) is 2. The second kappa shape index (κ2) is 5.62. The highest BCUT2D eigenvalue weighted by atomic mass is 19.1. The van der Waals surface area contributed by atoms with E-state index in [0.717, 1.165) is 31.4 Å². The van der Waals surface area contributed by atoms with E-state index in [-0.39, 0.29) is 5.75 Å². The number of aromatic nitrogens is 3. The Bertz CT molecular complexity index is 855. The Labute approximate surface area is 132 Å². The van der Waals surface area contributed by atoms with Crippen LogP contribution < -0.4 is 5.32 Å². The van der Waals surface area contributed by atoms with Crippen molar-refractivity contribution < 1.29 is 9.50 Å². The summed E-state index contributed by atoms with van der Waals surface area (Å²) in [5, 5.41) is 12.6. The summed E-state index contributed by atoms with van der Waals surface area (Å²) in [4.78, 5) is 12.1. The Balaban J connectivity index is 1.71. The number of aromatic hydroxyl groups is 1. The number of benzene rings is 1. The number of pyridine rings is 1. The molecule has 3 heterocycles. The van der Waals surface area contributed by atoms with E-state index >= 15 is 0 Å². The molecule has 3 aromatic rings. The number of imidazole rings is 1. The lowest BCUT2D eigenvalue weighted by Crippen LogP contribution is -2.26. The molecule has 1 fully saturated rings. The number of hydrogen-bond donors (Lipinski definition) is 3. The summed E-state index contributed by atoms with van der Waals surface area (Å²) in [5.74, 6) is 0.0377. The van der Waals surface area contributed by atoms with Crippen LogP contribution >= 0.6 is 0 Å². The molecule has 0 amide bonds. The number of H-pyrrole nitrogens is 1. The van der Waals surface area contributed by atoms with E-state index in [1.165, 1.54) is 17.7 Å². The Morgan fingerprint density at radius 3 is 2.78 bits per heavy atom. The first kappa shape index (κ1) is 14.1. The molecule has 118 valence electrons. The molecule has 6 heteroatoms. The predicted octanol–water partition coefficient (Wildman–Crippen LogP) is 2.94. The molecule has 0 radical (unpaired) electrons. The smallest absolute Gasteiger partial charge is 0.165 e. The molecule has 0 bridgehead atoms. The van der Waals surface area contributed by atoms with Gasteiger partial charge in [-0.15, -0.1) is 0 Å². The first-order valence-electron chi connectivity index (χ1n) is 7.76. The van der Waals surface area contributed by atoms with Crippen LogP contribution in [0.3, 0.4) is 0 Å². The lowest BCUT2D eigenvalue weighted by molar-refractivity contribution is 0.432. The maximum Gasteiger partial charge on any atom is 0.165 e. The quantitative estimate of drug-likeness (QED) is 0.680. The lowest BCUT2D eigenvalue weighted by Gasteiger charge is -2.22. The van der Waals surface area contributed by atoms with Crippen LogP contribution in [0, 0.1) is 5.82 Å². The van der Waals surface area contributed by atoms with Gasteiger partial charge < -0.3 is 15.4 Å². The second-order valence-electron chi connectivity index (χ2n) is 5.91. The van der Waals surface area contributed by atoms with Crippen LogP contribution in [-0.4, -0.2) is 33.1 Å². The Kier molecular flexibility index (Phi) is 3.46. The van der Waals surface area contributed by atoms with Crippen LogP contribution in [0.25, 0.3) is 22.6 Å². The van der Waals surface area contributed by atoms with Crippen LogP contribution in [0.1, 0.15) is 24.3 Å². The number of piperidine rings is 1. The van der Waals surface area contributed by atoms with Crippen LogP contribution in [0.2, 0.25) is 0 Å². The summed E-state index contributed by atoms with van der Waals surface area (Å²) in [5.41, 5.74) is 3.26. The molecular formula is C17H17FN4O. The van der Waals surface area contributed by atoms with Crippen molar-refractivity contribution in [3.63, 3.8) is 0 Å². The molecule has 1 aliphatic heterocycles. The Morgan fingerprint density at radius 2 is 2.00 bits per heavy atom. The normalized spacial score (nSPS) is 16.0. The average Bonchev–Trinajstić information content (AvgIpc) is 3.01. The van der Waals surface area contributed by atoms with Crippen molar-refractivity contribution in [2.24, 2.45) is 0 Å². The van der Waals surface area contributed by atoms with Crippen molar-refractivity contribution in [3.8, 4) is 17.1 Å². The zero-order chi connectivity index (χ0) is 15.8. The largest absolute Gasteiger partial charge is 0.505 e. The van der Waals surface area contributed by atoms with Gasteiger partial charge in [0, 0.05) is 11.8 Å². The van der Waals surface area contributed by atoms with E-state index in [2.05, 4.69) is 26.3 Å². The third-order valence-electron chi connectivity index (χ3n) is 4.39. The Hall–Kier alpha value is -2.47. The van der Waals surface area contributed by atoms with Crippen molar-refractivity contribution in [1.82, 2.24) is 20.3 Å². The van der Waals surface area contributed by atoms with Gasteiger partial charge in [0.25, 0.3) is 0 Å². The topological polar surface area (TPSA) is 73.8 Å². The van der Waals surface area contributed by atoms with Gasteiger partial charge in [-0.1, -0.05) is 0 Å². The van der Waals surface area contributed by atoms with Crippen molar-refractivity contribution in [2.45, 2.75) is 18.8 Å². The van der Waals surface area contributed by atoms with Gasteiger partial charge in [0.1, 0.15) is 11.3 Å². The molecule has 1 aromatic carbocycles. The van der Waals surface area contributed by atoms with E-state index in [0.29, 0.717) is 23.0 Å². The monoisotopic (exact) mass is 312 g/mol. The van der Waals surface area contributed by atoms with E-state index in [1.54, 1.807) is 6.07 Å². The summed E-state index contributed by atoms with van der Waals surface area (Å²) in [6.45, 7) is 2.06. The highest BCUT2D eigenvalue weighted by molar-refractivity contribution is 5.76. The summed E-state index contributed by atoms with van der Waals surface area (Å²) in [7, 11) is 0. The Morgan fingerprint density at radius 1 is 1.17 bits per heavy atom. The van der Waals surface area contributed by atoms with E-state index in [4.69, 9.17) is 0 Å². The molecule has 0 atom stereocenters. The van der Waals surface area contributed by atoms with Gasteiger partial charge in [-0.2, -0.15) is 0 Å². The number of nitrogens with one attached hydrogen (secondary N) is 2. The van der Waals surface area contributed by atoms with Crippen LogP contribution in [-0.2, 0) is 0 Å². The van der Waals surface area contributed by atoms with Crippen molar-refractivity contribution in [1.29, 1.82) is 0 Å². The number of phenolic OH excluding ortho intramolecular Hbond substituents is 1. The molecular weight excluding hydrogens is 295 g/mol. The minimum absolute atomic E-state index is 0.365. The molecule has 2 aromatic heterocycles. The molecule has 4 rings (SSSR count). The molecule has 23 heavy (non-hydrogen) atoms. The maximum absolute atomic E-state index is 13.5. The van der Waals surface area contributed by atoms with Gasteiger partial charge in [-0.25, -0.2) is 14.4 Å². The van der Waals surface area contributed by atoms with E-state index in [9.17, 15) is 9.50 Å². The van der Waals surface area contributed by atoms with Gasteiger partial charge in [0.05, 0.1) is 0 Å². The SMILES string of the molecule is Oc1ccc(-c2nc3cc(C4CCNCC4)cnc3[nH]2)cc1F. The van der Waals surface area contributed by atoms with Crippen molar-refractivity contribution >= 4 is 11.2 Å². The third-order valence-corrected chi connectivity index (χ3v) is 4.39. The summed E-state index contributed by atoms with van der Waals surface area (Å²) in [6.07, 6.45) is 4.11. The fourth-order valence-corrected chi connectivity index (χ4v) is 3.08. The fraction of sp³-hybridized carbons (Fsp3) is 0.294. The first-order valence-corrected chi connectivity index (χ1v) is 7.76. The minimum atomic E-state index is -0.661. The zero-order valence-corrected chi connectivity index (χ0v) is 12.5. The molecule has 0 aliphatic carbocycles. The van der Waals surface area contributed by atoms with Crippen molar-refractivity contribution in [2.75, 3.05) is 13.1 Å². The molecule has 1 aliphatic rings. The number of hydrogen-bond acceptors (Lipinski definition) is 4. The van der Waals surface area contributed by atoms with E-state index < -0.39 is 5.82 Å². The fourth-order valence-electron chi connectivity index (χ4n) is 3.08. The van der Waals surface area contributed by atoms with Crippen molar-refractivity contribution in [3.05, 3.63) is 41.8 Å². The lowest BCUT2D eigenvalue weighted by atomic mass is 9.91. The maximum atomic E-state index is 13.5. The first-order chi connectivity index (χ1) is 11.2. The molecule has 0 saturated carbocycles. The molecule has 0 unspecified atom stereocenters. The van der Waals surface area contributed by atoms with Gasteiger partial charge in [0.15, 0.2) is 17.2 Å². The summed E-state index contributed by atoms with van der Waals surface area (Å²) < 4.78 is 13.5. The number of phenols is 1. The van der Waals surface area contributed by atoms with Crippen LogP contribution in [0.15, 0.2) is 30.5 Å². The molecule has 3 N–H and O–H groups in total. The van der Waals surface area contributed by atoms with Gasteiger partial charge >= 0.3 is 0 Å². The van der Waals surface area contributed by atoms with E-state index in [1.807, 2.05) is 6.20 Å². The number of aromatic amines is 1. The second-order valence-corrected chi connectivity index (χ2v) is 5.91.